The summed E-state index contributed by atoms with van der Waals surface area (Å²) >= 11 is 0. The highest BCUT2D eigenvalue weighted by Crippen LogP contribution is 2.08. The average molecular weight is 354 g/mol. The molecule has 6 nitrogen and oxygen atoms in total. The van der Waals surface area contributed by atoms with Gasteiger partial charge in [0.05, 0.1) is 0 Å². The van der Waals surface area contributed by atoms with Crippen molar-refractivity contribution < 1.29 is 4.79 Å². The molecule has 1 amide bonds. The molecular weight excluding hydrogens is 314 g/mol. The molecule has 25 heavy (non-hydrogen) atoms. The molecule has 1 aliphatic heterocycles. The van der Waals surface area contributed by atoms with Crippen LogP contribution in [0.4, 0.5) is 0 Å². The molecule has 6 heteroatoms. The Morgan fingerprint density at radius 2 is 1.84 bits per heavy atom. The molecule has 0 aromatic carbocycles. The standard InChI is InChI=1S/C19H39N5O/c1-5-20-19(21-16-18(25)24-14-9-8-10-15-24)22-17(4)12-11-13-23(6-2)7-3/h17H,5-16H2,1-4H3,(H2,20,21,22). The van der Waals surface area contributed by atoms with E-state index in [9.17, 15) is 4.79 Å². The van der Waals surface area contributed by atoms with Crippen LogP contribution in [0.2, 0.25) is 0 Å². The first kappa shape index (κ1) is 21.7. The maximum absolute atomic E-state index is 12.3. The predicted molar refractivity (Wildman–Crippen MR) is 106 cm³/mol. The van der Waals surface area contributed by atoms with Gasteiger partial charge in [-0.1, -0.05) is 13.8 Å². The van der Waals surface area contributed by atoms with E-state index in [-0.39, 0.29) is 12.5 Å². The highest BCUT2D eigenvalue weighted by atomic mass is 16.2. The molecule has 1 aliphatic rings. The molecule has 1 saturated heterocycles. The van der Waals surface area contributed by atoms with Crippen LogP contribution in [0.25, 0.3) is 0 Å². The number of amides is 1. The number of carbonyl (C=O) groups is 1. The number of likely N-dealkylation sites (tertiary alicyclic amines) is 1. The second kappa shape index (κ2) is 13.0. The Hall–Kier alpha value is -1.30. The Balaban J connectivity index is 2.39. The van der Waals surface area contributed by atoms with Crippen molar-refractivity contribution >= 4 is 11.9 Å². The fourth-order valence-corrected chi connectivity index (χ4v) is 3.18. The number of hydrogen-bond donors (Lipinski definition) is 2. The molecule has 0 aliphatic carbocycles. The van der Waals surface area contributed by atoms with Crippen molar-refractivity contribution in [2.75, 3.05) is 45.8 Å². The number of nitrogens with one attached hydrogen (secondary N) is 2. The number of nitrogens with zero attached hydrogens (tertiary/aromatic N) is 3. The second-order valence-corrected chi connectivity index (χ2v) is 6.85. The summed E-state index contributed by atoms with van der Waals surface area (Å²) in [4.78, 5) is 21.2. The van der Waals surface area contributed by atoms with E-state index in [1.54, 1.807) is 0 Å². The molecule has 0 aromatic rings. The van der Waals surface area contributed by atoms with Gasteiger partial charge in [0.15, 0.2) is 5.96 Å². The van der Waals surface area contributed by atoms with E-state index in [4.69, 9.17) is 0 Å². The molecule has 2 N–H and O–H groups in total. The van der Waals surface area contributed by atoms with Crippen LogP contribution < -0.4 is 10.6 Å². The molecule has 1 fully saturated rings. The minimum atomic E-state index is 0.145. The summed E-state index contributed by atoms with van der Waals surface area (Å²) in [6.45, 7) is 14.8. The third kappa shape index (κ3) is 9.10. The number of guanidine groups is 1. The second-order valence-electron chi connectivity index (χ2n) is 6.85. The molecule has 0 bridgehead atoms. The summed E-state index contributed by atoms with van der Waals surface area (Å²) in [6, 6.07) is 0.346. The third-order valence-corrected chi connectivity index (χ3v) is 4.81. The number of piperidine rings is 1. The lowest BCUT2D eigenvalue weighted by molar-refractivity contribution is -0.130. The van der Waals surface area contributed by atoms with Gasteiger partial charge in [-0.3, -0.25) is 4.79 Å². The van der Waals surface area contributed by atoms with Crippen LogP contribution in [0.5, 0.6) is 0 Å². The van der Waals surface area contributed by atoms with Gasteiger partial charge < -0.3 is 20.4 Å². The third-order valence-electron chi connectivity index (χ3n) is 4.81. The van der Waals surface area contributed by atoms with Crippen LogP contribution in [0, 0.1) is 0 Å². The summed E-state index contributed by atoms with van der Waals surface area (Å²) in [6.07, 6.45) is 5.75. The minimum absolute atomic E-state index is 0.145. The van der Waals surface area contributed by atoms with E-state index >= 15 is 0 Å². The zero-order chi connectivity index (χ0) is 18.5. The fraction of sp³-hybridized carbons (Fsp3) is 0.895. The zero-order valence-corrected chi connectivity index (χ0v) is 16.8. The van der Waals surface area contributed by atoms with Crippen LogP contribution in [0.15, 0.2) is 4.99 Å². The lowest BCUT2D eigenvalue weighted by Gasteiger charge is -2.26. The molecule has 1 atom stereocenters. The summed E-state index contributed by atoms with van der Waals surface area (Å²) in [5.41, 5.74) is 0. The lowest BCUT2D eigenvalue weighted by atomic mass is 10.1. The molecule has 0 spiro atoms. The van der Waals surface area contributed by atoms with E-state index < -0.39 is 0 Å². The number of aliphatic imine (C=N–C) groups is 1. The molecular formula is C19H39N5O. The SMILES string of the molecule is CCNC(=NCC(=O)N1CCCCC1)NC(C)CCCN(CC)CC. The topological polar surface area (TPSA) is 60.0 Å². The molecule has 1 unspecified atom stereocenters. The first-order valence-electron chi connectivity index (χ1n) is 10.2. The minimum Gasteiger partial charge on any atom is -0.357 e. The van der Waals surface area contributed by atoms with Crippen molar-refractivity contribution in [1.82, 2.24) is 20.4 Å². The van der Waals surface area contributed by atoms with Gasteiger partial charge in [-0.15, -0.1) is 0 Å². The van der Waals surface area contributed by atoms with Crippen LogP contribution in [-0.2, 0) is 4.79 Å². The Morgan fingerprint density at radius 3 is 2.44 bits per heavy atom. The van der Waals surface area contributed by atoms with Crippen LogP contribution in [-0.4, -0.2) is 73.5 Å². The maximum atomic E-state index is 12.3. The Kier molecular flexibility index (Phi) is 11.3. The monoisotopic (exact) mass is 353 g/mol. The van der Waals surface area contributed by atoms with E-state index in [0.29, 0.717) is 6.04 Å². The van der Waals surface area contributed by atoms with Gasteiger partial charge in [-0.05, 0) is 65.6 Å². The molecule has 1 rings (SSSR count). The summed E-state index contributed by atoms with van der Waals surface area (Å²) in [5.74, 6) is 0.897. The van der Waals surface area contributed by atoms with E-state index in [1.807, 2.05) is 4.90 Å². The number of hydrogen-bond acceptors (Lipinski definition) is 3. The van der Waals surface area contributed by atoms with Crippen molar-refractivity contribution in [2.45, 2.75) is 65.8 Å². The number of rotatable bonds is 10. The first-order valence-corrected chi connectivity index (χ1v) is 10.2. The first-order chi connectivity index (χ1) is 12.1. The smallest absolute Gasteiger partial charge is 0.244 e. The summed E-state index contributed by atoms with van der Waals surface area (Å²) in [5, 5.41) is 6.69. The van der Waals surface area contributed by atoms with Crippen molar-refractivity contribution in [1.29, 1.82) is 0 Å². The van der Waals surface area contributed by atoms with E-state index in [0.717, 1.165) is 64.5 Å². The predicted octanol–water partition coefficient (Wildman–Crippen LogP) is 2.06. The largest absolute Gasteiger partial charge is 0.357 e. The maximum Gasteiger partial charge on any atom is 0.244 e. The molecule has 146 valence electrons. The van der Waals surface area contributed by atoms with Crippen molar-refractivity contribution in [3.8, 4) is 0 Å². The molecule has 0 saturated carbocycles. The van der Waals surface area contributed by atoms with E-state index in [1.165, 1.54) is 12.8 Å². The van der Waals surface area contributed by atoms with Crippen molar-refractivity contribution in [3.05, 3.63) is 0 Å². The van der Waals surface area contributed by atoms with Gasteiger partial charge in [0.25, 0.3) is 0 Å². The normalized spacial score (nSPS) is 16.8. The van der Waals surface area contributed by atoms with Crippen LogP contribution in [0.3, 0.4) is 0 Å². The Bertz CT molecular complexity index is 389. The van der Waals surface area contributed by atoms with Gasteiger partial charge >= 0.3 is 0 Å². The molecule has 0 aromatic heterocycles. The summed E-state index contributed by atoms with van der Waals surface area (Å²) < 4.78 is 0. The Morgan fingerprint density at radius 1 is 1.16 bits per heavy atom. The number of carbonyl (C=O) groups excluding carboxylic acids is 1. The highest BCUT2D eigenvalue weighted by Gasteiger charge is 2.16. The van der Waals surface area contributed by atoms with Crippen molar-refractivity contribution in [3.63, 3.8) is 0 Å². The van der Waals surface area contributed by atoms with Crippen LogP contribution >= 0.6 is 0 Å². The average Bonchev–Trinajstić information content (AvgIpc) is 2.64. The fourth-order valence-electron chi connectivity index (χ4n) is 3.18. The van der Waals surface area contributed by atoms with Gasteiger partial charge in [0.2, 0.25) is 5.91 Å². The van der Waals surface area contributed by atoms with Crippen LogP contribution in [0.1, 0.15) is 59.8 Å². The Labute approximate surface area is 154 Å². The highest BCUT2D eigenvalue weighted by molar-refractivity contribution is 5.85. The van der Waals surface area contributed by atoms with Crippen molar-refractivity contribution in [2.24, 2.45) is 4.99 Å². The molecule has 1 heterocycles. The summed E-state index contributed by atoms with van der Waals surface area (Å²) in [7, 11) is 0. The van der Waals surface area contributed by atoms with E-state index in [2.05, 4.69) is 48.2 Å². The zero-order valence-electron chi connectivity index (χ0n) is 16.8. The lowest BCUT2D eigenvalue weighted by Crippen LogP contribution is -2.43. The van der Waals surface area contributed by atoms with Gasteiger partial charge in [-0.25, -0.2) is 4.99 Å². The van der Waals surface area contributed by atoms with Gasteiger partial charge in [0, 0.05) is 25.7 Å². The molecule has 0 radical (unpaired) electrons. The van der Waals surface area contributed by atoms with Gasteiger partial charge in [-0.2, -0.15) is 0 Å². The quantitative estimate of drug-likeness (QED) is 0.466. The van der Waals surface area contributed by atoms with Gasteiger partial charge in [0.1, 0.15) is 6.54 Å².